The molecule has 136 valence electrons. The van der Waals surface area contributed by atoms with Crippen LogP contribution in [0.25, 0.3) is 11.6 Å². The average Bonchev–Trinajstić information content (AvgIpc) is 3.37. The van der Waals surface area contributed by atoms with Crippen LogP contribution >= 0.6 is 11.3 Å². The summed E-state index contributed by atoms with van der Waals surface area (Å²) in [5, 5.41) is 7.76. The molecule has 3 heterocycles. The number of thiazole rings is 1. The molecule has 0 atom stereocenters. The van der Waals surface area contributed by atoms with Gasteiger partial charge in [-0.15, -0.1) is 11.3 Å². The van der Waals surface area contributed by atoms with Gasteiger partial charge in [-0.3, -0.25) is 4.79 Å². The van der Waals surface area contributed by atoms with Crippen LogP contribution in [0.3, 0.4) is 0 Å². The molecular weight excluding hydrogens is 364 g/mol. The third kappa shape index (κ3) is 3.65. The van der Waals surface area contributed by atoms with Crippen molar-refractivity contribution in [2.75, 3.05) is 5.32 Å². The van der Waals surface area contributed by atoms with Crippen molar-refractivity contribution >= 4 is 22.9 Å². The van der Waals surface area contributed by atoms with Crippen molar-refractivity contribution in [1.82, 2.24) is 15.1 Å². The fourth-order valence-electron chi connectivity index (χ4n) is 2.71. The molecule has 0 fully saturated rings. The summed E-state index contributed by atoms with van der Waals surface area (Å²) in [4.78, 5) is 21.9. The number of rotatable bonds is 5. The minimum Gasteiger partial charge on any atom is -0.461 e. The Balaban J connectivity index is 1.55. The minimum absolute atomic E-state index is 0.174. The Morgan fingerprint density at radius 3 is 2.74 bits per heavy atom. The Bertz CT molecular complexity index is 1080. The molecular formula is C19H16N4O3S. The maximum atomic E-state index is 12.6. The molecule has 1 aromatic carbocycles. The van der Waals surface area contributed by atoms with Gasteiger partial charge in [0.2, 0.25) is 11.7 Å². The van der Waals surface area contributed by atoms with Crippen molar-refractivity contribution in [3.8, 4) is 11.6 Å². The molecule has 0 saturated heterocycles. The van der Waals surface area contributed by atoms with Crippen molar-refractivity contribution in [2.24, 2.45) is 0 Å². The second kappa shape index (κ2) is 7.16. The fraction of sp³-hybridized carbons (Fsp3) is 0.158. The molecule has 1 amide bonds. The molecule has 27 heavy (non-hydrogen) atoms. The highest BCUT2D eigenvalue weighted by atomic mass is 32.1. The summed E-state index contributed by atoms with van der Waals surface area (Å²) in [5.74, 6) is 1.20. The molecule has 0 aliphatic heterocycles. The Kier molecular flexibility index (Phi) is 4.55. The number of nitrogens with one attached hydrogen (secondary N) is 1. The van der Waals surface area contributed by atoms with Crippen LogP contribution in [0.1, 0.15) is 31.8 Å². The lowest BCUT2D eigenvalue weighted by molar-refractivity contribution is 0.102. The highest BCUT2D eigenvalue weighted by Gasteiger charge is 2.17. The van der Waals surface area contributed by atoms with Crippen LogP contribution in [0.2, 0.25) is 0 Å². The lowest BCUT2D eigenvalue weighted by Crippen LogP contribution is -2.13. The first-order valence-corrected chi connectivity index (χ1v) is 9.11. The van der Waals surface area contributed by atoms with Crippen LogP contribution in [0.15, 0.2) is 51.6 Å². The fourth-order valence-corrected chi connectivity index (χ4v) is 3.53. The summed E-state index contributed by atoms with van der Waals surface area (Å²) in [6.45, 7) is 3.72. The number of aryl methyl sites for hydroxylation is 2. The number of benzene rings is 1. The predicted octanol–water partition coefficient (Wildman–Crippen LogP) is 4.25. The van der Waals surface area contributed by atoms with Crippen molar-refractivity contribution in [2.45, 2.75) is 20.3 Å². The van der Waals surface area contributed by atoms with Crippen LogP contribution in [0.4, 0.5) is 5.69 Å². The number of carbonyl (C=O) groups excluding carboxylic acids is 1. The lowest BCUT2D eigenvalue weighted by atomic mass is 10.1. The van der Waals surface area contributed by atoms with E-state index in [4.69, 9.17) is 8.94 Å². The zero-order chi connectivity index (χ0) is 18.8. The van der Waals surface area contributed by atoms with E-state index in [0.717, 1.165) is 16.3 Å². The largest absolute Gasteiger partial charge is 0.461 e. The molecule has 3 aromatic heterocycles. The van der Waals surface area contributed by atoms with Crippen molar-refractivity contribution in [1.29, 1.82) is 0 Å². The monoisotopic (exact) mass is 380 g/mol. The second-order valence-electron chi connectivity index (χ2n) is 5.92. The maximum absolute atomic E-state index is 12.6. The first kappa shape index (κ1) is 17.2. The molecule has 8 heteroatoms. The van der Waals surface area contributed by atoms with Gasteiger partial charge in [0.05, 0.1) is 23.4 Å². The summed E-state index contributed by atoms with van der Waals surface area (Å²) in [5.41, 5.74) is 2.30. The van der Waals surface area contributed by atoms with E-state index in [-0.39, 0.29) is 5.91 Å². The average molecular weight is 380 g/mol. The summed E-state index contributed by atoms with van der Waals surface area (Å²) in [6, 6.07) is 11.1. The van der Waals surface area contributed by atoms with Gasteiger partial charge < -0.3 is 14.3 Å². The van der Waals surface area contributed by atoms with Crippen molar-refractivity contribution < 1.29 is 13.7 Å². The first-order valence-electron chi connectivity index (χ1n) is 8.30. The molecule has 7 nitrogen and oxygen atoms in total. The number of anilines is 1. The molecule has 4 aromatic rings. The molecule has 0 saturated carbocycles. The molecule has 0 aliphatic rings. The van der Waals surface area contributed by atoms with E-state index < -0.39 is 0 Å². The molecule has 0 unspecified atom stereocenters. The molecule has 1 N–H and O–H groups in total. The highest BCUT2D eigenvalue weighted by molar-refractivity contribution is 7.13. The quantitative estimate of drug-likeness (QED) is 0.556. The number of hydrogen-bond acceptors (Lipinski definition) is 7. The first-order chi connectivity index (χ1) is 13.1. The normalized spacial score (nSPS) is 10.9. The van der Waals surface area contributed by atoms with Gasteiger partial charge in [-0.1, -0.05) is 23.4 Å². The van der Waals surface area contributed by atoms with Gasteiger partial charge in [0.1, 0.15) is 4.88 Å². The van der Waals surface area contributed by atoms with E-state index in [1.54, 1.807) is 18.4 Å². The number of aromatic nitrogens is 3. The van der Waals surface area contributed by atoms with Crippen molar-refractivity contribution in [3.05, 3.63) is 69.7 Å². The van der Waals surface area contributed by atoms with Gasteiger partial charge in [0.15, 0.2) is 5.76 Å². The van der Waals surface area contributed by atoms with E-state index in [1.165, 1.54) is 11.3 Å². The smallest absolute Gasteiger partial charge is 0.267 e. The van der Waals surface area contributed by atoms with Gasteiger partial charge in [0.25, 0.3) is 5.91 Å². The van der Waals surface area contributed by atoms with Crippen LogP contribution < -0.4 is 5.32 Å². The van der Waals surface area contributed by atoms with Crippen LogP contribution in [0, 0.1) is 13.8 Å². The molecule has 4 rings (SSSR count). The Labute approximate surface area is 159 Å². The van der Waals surface area contributed by atoms with Crippen LogP contribution in [-0.2, 0) is 6.42 Å². The Hall–Kier alpha value is -3.26. The molecule has 0 spiro atoms. The predicted molar refractivity (Wildman–Crippen MR) is 101 cm³/mol. The third-order valence-corrected chi connectivity index (χ3v) is 5.00. The summed E-state index contributed by atoms with van der Waals surface area (Å²) < 4.78 is 10.6. The number of amides is 1. The number of carbonyl (C=O) groups is 1. The van der Waals surface area contributed by atoms with Gasteiger partial charge >= 0.3 is 0 Å². The summed E-state index contributed by atoms with van der Waals surface area (Å²) >= 11 is 1.38. The minimum atomic E-state index is -0.174. The molecule has 0 bridgehead atoms. The summed E-state index contributed by atoms with van der Waals surface area (Å²) in [6.07, 6.45) is 1.95. The second-order valence-corrected chi connectivity index (χ2v) is 7.13. The Morgan fingerprint density at radius 2 is 2.00 bits per heavy atom. The Morgan fingerprint density at radius 1 is 1.15 bits per heavy atom. The highest BCUT2D eigenvalue weighted by Crippen LogP contribution is 2.23. The van der Waals surface area contributed by atoms with E-state index in [1.807, 2.05) is 38.1 Å². The van der Waals surface area contributed by atoms with E-state index in [2.05, 4.69) is 20.4 Å². The van der Waals surface area contributed by atoms with E-state index in [0.29, 0.717) is 34.5 Å². The van der Waals surface area contributed by atoms with Gasteiger partial charge in [-0.25, -0.2) is 4.98 Å². The number of nitrogens with zero attached hydrogens (tertiary/aromatic N) is 3. The molecule has 0 radical (unpaired) electrons. The van der Waals surface area contributed by atoms with E-state index in [9.17, 15) is 4.79 Å². The summed E-state index contributed by atoms with van der Waals surface area (Å²) in [7, 11) is 0. The van der Waals surface area contributed by atoms with Crippen molar-refractivity contribution in [3.63, 3.8) is 0 Å². The van der Waals surface area contributed by atoms with Crippen LogP contribution in [-0.4, -0.2) is 21.0 Å². The zero-order valence-electron chi connectivity index (χ0n) is 14.7. The zero-order valence-corrected chi connectivity index (χ0v) is 15.5. The molecule has 0 aliphatic carbocycles. The number of furan rings is 1. The SMILES string of the molecule is Cc1nc(C)c(C(=O)Nc2ccccc2Cc2nc(-c3ccco3)no2)s1. The lowest BCUT2D eigenvalue weighted by Gasteiger charge is -2.09. The van der Waals surface area contributed by atoms with Gasteiger partial charge in [0, 0.05) is 5.69 Å². The maximum Gasteiger partial charge on any atom is 0.267 e. The van der Waals surface area contributed by atoms with E-state index >= 15 is 0 Å². The van der Waals surface area contributed by atoms with Crippen LogP contribution in [0.5, 0.6) is 0 Å². The topological polar surface area (TPSA) is 94.1 Å². The van der Waals surface area contributed by atoms with Gasteiger partial charge in [-0.2, -0.15) is 4.98 Å². The van der Waals surface area contributed by atoms with Gasteiger partial charge in [-0.05, 0) is 37.6 Å². The third-order valence-electron chi connectivity index (χ3n) is 3.93. The number of hydrogen-bond donors (Lipinski definition) is 1. The standard InChI is InChI=1S/C19H16N4O3S/c1-11-17(27-12(2)20-11)19(24)21-14-7-4-3-6-13(14)10-16-22-18(23-26-16)15-8-5-9-25-15/h3-9H,10H2,1-2H3,(H,21,24). The number of para-hydroxylation sites is 1.